The van der Waals surface area contributed by atoms with E-state index in [0.717, 1.165) is 0 Å². The van der Waals surface area contributed by atoms with Crippen molar-refractivity contribution in [3.63, 3.8) is 0 Å². The third kappa shape index (κ3) is 4.76. The summed E-state index contributed by atoms with van der Waals surface area (Å²) in [5.41, 5.74) is -0.471. The lowest BCUT2D eigenvalue weighted by Gasteiger charge is -2.26. The van der Waals surface area contributed by atoms with Crippen LogP contribution < -0.4 is 10.9 Å². The monoisotopic (exact) mass is 343 g/mol. The Morgan fingerprint density at radius 2 is 2.30 bits per heavy atom. The van der Waals surface area contributed by atoms with Crippen LogP contribution in [0.4, 0.5) is 5.69 Å². The highest BCUT2D eigenvalue weighted by Crippen LogP contribution is 2.20. The van der Waals surface area contributed by atoms with Crippen LogP contribution >= 0.6 is 15.9 Å². The fraction of sp³-hybridized carbons (Fsp3) is 0.571. The number of hydrogen-bond acceptors (Lipinski definition) is 4. The van der Waals surface area contributed by atoms with E-state index >= 15 is 0 Å². The molecule has 20 heavy (non-hydrogen) atoms. The highest BCUT2D eigenvalue weighted by atomic mass is 79.9. The molecule has 0 bridgehead atoms. The van der Waals surface area contributed by atoms with E-state index in [0.29, 0.717) is 35.6 Å². The third-order valence-corrected chi connectivity index (χ3v) is 3.56. The summed E-state index contributed by atoms with van der Waals surface area (Å²) in [5.74, 6) is 0.397. The Morgan fingerprint density at radius 3 is 2.85 bits per heavy atom. The minimum atomic E-state index is -0.830. The van der Waals surface area contributed by atoms with Crippen LogP contribution in [0.1, 0.15) is 27.2 Å². The van der Waals surface area contributed by atoms with Crippen molar-refractivity contribution in [3.05, 3.63) is 33.7 Å². The zero-order valence-corrected chi connectivity index (χ0v) is 13.8. The normalized spacial score (nSPS) is 14.1. The van der Waals surface area contributed by atoms with Gasteiger partial charge in [0.15, 0.2) is 0 Å². The first-order valence-electron chi connectivity index (χ1n) is 6.59. The van der Waals surface area contributed by atoms with Crippen molar-refractivity contribution in [2.24, 2.45) is 5.92 Å². The summed E-state index contributed by atoms with van der Waals surface area (Å²) < 4.78 is 1.73. The van der Waals surface area contributed by atoms with Crippen molar-refractivity contribution < 1.29 is 5.11 Å². The minimum Gasteiger partial charge on any atom is -0.388 e. The molecular formula is C14H22BrN3O2. The van der Waals surface area contributed by atoms with Gasteiger partial charge in [-0.2, -0.15) is 5.10 Å². The fourth-order valence-electron chi connectivity index (χ4n) is 2.08. The van der Waals surface area contributed by atoms with E-state index < -0.39 is 5.60 Å². The highest BCUT2D eigenvalue weighted by molar-refractivity contribution is 9.10. The van der Waals surface area contributed by atoms with Gasteiger partial charge in [0.2, 0.25) is 0 Å². The van der Waals surface area contributed by atoms with Crippen LogP contribution in [-0.4, -0.2) is 27.0 Å². The summed E-state index contributed by atoms with van der Waals surface area (Å²) in [6, 6.07) is 0. The molecule has 0 aliphatic carbocycles. The van der Waals surface area contributed by atoms with Crippen LogP contribution in [0.5, 0.6) is 0 Å². The molecule has 0 aromatic carbocycles. The number of aliphatic hydroxyl groups is 1. The van der Waals surface area contributed by atoms with Crippen LogP contribution in [0, 0.1) is 5.92 Å². The summed E-state index contributed by atoms with van der Waals surface area (Å²) in [4.78, 5) is 12.0. The van der Waals surface area contributed by atoms with Gasteiger partial charge < -0.3 is 10.4 Å². The molecule has 0 radical (unpaired) electrons. The SMILES string of the molecule is C=CCn1ncc(NCC(C)(O)CC(C)C)c(Br)c1=O. The smallest absolute Gasteiger partial charge is 0.283 e. The average Bonchev–Trinajstić information content (AvgIpc) is 2.33. The molecule has 0 spiro atoms. The summed E-state index contributed by atoms with van der Waals surface area (Å²) in [6.45, 7) is 10.2. The Morgan fingerprint density at radius 1 is 1.65 bits per heavy atom. The number of anilines is 1. The van der Waals surface area contributed by atoms with Gasteiger partial charge in [0.1, 0.15) is 4.47 Å². The highest BCUT2D eigenvalue weighted by Gasteiger charge is 2.22. The second kappa shape index (κ2) is 7.04. The molecule has 5 nitrogen and oxygen atoms in total. The van der Waals surface area contributed by atoms with E-state index in [2.05, 4.69) is 46.8 Å². The molecule has 2 N–H and O–H groups in total. The molecule has 0 aliphatic heterocycles. The third-order valence-electron chi connectivity index (χ3n) is 2.79. The summed E-state index contributed by atoms with van der Waals surface area (Å²) in [5, 5.41) is 17.4. The largest absolute Gasteiger partial charge is 0.388 e. The molecule has 1 aromatic rings. The first kappa shape index (κ1) is 16.9. The zero-order valence-electron chi connectivity index (χ0n) is 12.2. The van der Waals surface area contributed by atoms with Crippen LogP contribution in [0.15, 0.2) is 28.1 Å². The van der Waals surface area contributed by atoms with Gasteiger partial charge in [-0.15, -0.1) is 6.58 Å². The number of nitrogens with zero attached hydrogens (tertiary/aromatic N) is 2. The Kier molecular flexibility index (Phi) is 5.95. The average molecular weight is 344 g/mol. The lowest BCUT2D eigenvalue weighted by molar-refractivity contribution is 0.0515. The standard InChI is InChI=1S/C14H22BrN3O2/c1-5-6-18-13(19)12(15)11(8-17-18)16-9-14(4,20)7-10(2)3/h5,8,10,16,20H,1,6-7,9H2,2-4H3. The number of halogens is 1. The molecule has 112 valence electrons. The van der Waals surface area contributed by atoms with Gasteiger partial charge in [-0.1, -0.05) is 19.9 Å². The van der Waals surface area contributed by atoms with Crippen LogP contribution in [0.25, 0.3) is 0 Å². The van der Waals surface area contributed by atoms with E-state index in [-0.39, 0.29) is 5.56 Å². The van der Waals surface area contributed by atoms with Gasteiger partial charge in [0.25, 0.3) is 5.56 Å². The second-order valence-electron chi connectivity index (χ2n) is 5.60. The van der Waals surface area contributed by atoms with E-state index in [4.69, 9.17) is 0 Å². The van der Waals surface area contributed by atoms with Gasteiger partial charge in [0.05, 0.1) is 24.0 Å². The van der Waals surface area contributed by atoms with Gasteiger partial charge in [-0.3, -0.25) is 4.79 Å². The molecule has 1 heterocycles. The van der Waals surface area contributed by atoms with Crippen molar-refractivity contribution in [2.75, 3.05) is 11.9 Å². The lowest BCUT2D eigenvalue weighted by Crippen LogP contribution is -2.35. The van der Waals surface area contributed by atoms with Gasteiger partial charge in [0, 0.05) is 6.54 Å². The van der Waals surface area contributed by atoms with Gasteiger partial charge in [-0.25, -0.2) is 4.68 Å². The topological polar surface area (TPSA) is 67.2 Å². The maximum Gasteiger partial charge on any atom is 0.283 e. The van der Waals surface area contributed by atoms with Crippen molar-refractivity contribution >= 4 is 21.6 Å². The number of rotatable bonds is 7. The molecule has 0 aliphatic rings. The molecule has 0 saturated heterocycles. The predicted octanol–water partition coefficient (Wildman–Crippen LogP) is 2.40. The van der Waals surface area contributed by atoms with Crippen molar-refractivity contribution in [3.8, 4) is 0 Å². The van der Waals surface area contributed by atoms with Crippen molar-refractivity contribution in [1.82, 2.24) is 9.78 Å². The Labute approximate surface area is 127 Å². The molecule has 0 saturated carbocycles. The van der Waals surface area contributed by atoms with Crippen LogP contribution in [-0.2, 0) is 6.54 Å². The summed E-state index contributed by atoms with van der Waals surface area (Å²) >= 11 is 3.27. The predicted molar refractivity (Wildman–Crippen MR) is 85.0 cm³/mol. The first-order valence-corrected chi connectivity index (χ1v) is 7.39. The molecule has 0 amide bonds. The first-order chi connectivity index (χ1) is 9.26. The van der Waals surface area contributed by atoms with E-state index in [9.17, 15) is 9.90 Å². The Balaban J connectivity index is 2.82. The van der Waals surface area contributed by atoms with Crippen LogP contribution in [0.3, 0.4) is 0 Å². The van der Waals surface area contributed by atoms with E-state index in [1.54, 1.807) is 19.2 Å². The number of nitrogens with one attached hydrogen (secondary N) is 1. The van der Waals surface area contributed by atoms with Crippen LogP contribution in [0.2, 0.25) is 0 Å². The summed E-state index contributed by atoms with van der Waals surface area (Å²) in [6.07, 6.45) is 3.86. The molecular weight excluding hydrogens is 322 g/mol. The molecule has 0 fully saturated rings. The quantitative estimate of drug-likeness (QED) is 0.746. The Bertz CT molecular complexity index is 524. The van der Waals surface area contributed by atoms with Gasteiger partial charge >= 0.3 is 0 Å². The molecule has 1 atom stereocenters. The summed E-state index contributed by atoms with van der Waals surface area (Å²) in [7, 11) is 0. The number of hydrogen-bond donors (Lipinski definition) is 2. The lowest BCUT2D eigenvalue weighted by atomic mass is 9.94. The number of aromatic nitrogens is 2. The van der Waals surface area contributed by atoms with Crippen molar-refractivity contribution in [1.29, 1.82) is 0 Å². The maximum atomic E-state index is 12.0. The van der Waals surface area contributed by atoms with E-state index in [1.807, 2.05) is 0 Å². The molecule has 1 unspecified atom stereocenters. The molecule has 1 rings (SSSR count). The van der Waals surface area contributed by atoms with E-state index in [1.165, 1.54) is 4.68 Å². The molecule has 6 heteroatoms. The fourth-order valence-corrected chi connectivity index (χ4v) is 2.53. The molecule has 1 aromatic heterocycles. The maximum absolute atomic E-state index is 12.0. The minimum absolute atomic E-state index is 0.224. The second-order valence-corrected chi connectivity index (χ2v) is 6.39. The number of allylic oxidation sites excluding steroid dienone is 1. The zero-order chi connectivity index (χ0) is 15.3. The van der Waals surface area contributed by atoms with Crippen molar-refractivity contribution in [2.45, 2.75) is 39.3 Å². The van der Waals surface area contributed by atoms with Gasteiger partial charge in [-0.05, 0) is 35.2 Å². The Hall–Kier alpha value is -1.14.